The number of ether oxygens (including phenoxy) is 2. The second-order valence-corrected chi connectivity index (χ2v) is 8.76. The molecule has 1 aliphatic heterocycles. The van der Waals surface area contributed by atoms with E-state index in [4.69, 9.17) is 9.47 Å². The minimum Gasteiger partial charge on any atom is -0.352 e. The molecule has 1 spiro atoms. The first-order chi connectivity index (χ1) is 10.8. The van der Waals surface area contributed by atoms with Crippen LogP contribution in [0.25, 0.3) is 0 Å². The van der Waals surface area contributed by atoms with Crippen molar-refractivity contribution >= 4 is 0 Å². The summed E-state index contributed by atoms with van der Waals surface area (Å²) in [5, 5.41) is 0. The van der Waals surface area contributed by atoms with Gasteiger partial charge in [-0.2, -0.15) is 0 Å². The molecule has 130 valence electrons. The Hall–Kier alpha value is -0.600. The van der Waals surface area contributed by atoms with Crippen molar-refractivity contribution in [2.45, 2.75) is 60.7 Å². The summed E-state index contributed by atoms with van der Waals surface area (Å²) in [6.07, 6.45) is 7.18. The first-order valence-corrected chi connectivity index (χ1v) is 9.41. The number of allylic oxidation sites excluding steroid dienone is 4. The first-order valence-electron chi connectivity index (χ1n) is 9.41. The zero-order valence-corrected chi connectivity index (χ0v) is 15.8. The van der Waals surface area contributed by atoms with Crippen LogP contribution in [-0.2, 0) is 9.47 Å². The Labute approximate surface area is 142 Å². The van der Waals surface area contributed by atoms with Gasteiger partial charge in [0.25, 0.3) is 0 Å². The monoisotopic (exact) mass is 318 g/mol. The predicted molar refractivity (Wildman–Crippen MR) is 95.0 cm³/mol. The van der Waals surface area contributed by atoms with Crippen molar-refractivity contribution in [3.8, 4) is 0 Å². The largest absolute Gasteiger partial charge is 0.352 e. The molecule has 0 aromatic heterocycles. The van der Waals surface area contributed by atoms with Crippen LogP contribution in [-0.4, -0.2) is 19.5 Å². The van der Waals surface area contributed by atoms with Crippen molar-refractivity contribution in [3.63, 3.8) is 0 Å². The molecular weight excluding hydrogens is 284 g/mol. The maximum atomic E-state index is 6.38. The molecule has 1 fully saturated rings. The molecule has 0 aromatic rings. The Morgan fingerprint density at radius 3 is 2.09 bits per heavy atom. The van der Waals surface area contributed by atoms with Gasteiger partial charge < -0.3 is 9.47 Å². The van der Waals surface area contributed by atoms with Crippen molar-refractivity contribution in [3.05, 3.63) is 23.3 Å². The van der Waals surface area contributed by atoms with Crippen LogP contribution < -0.4 is 0 Å². The molecule has 0 N–H and O–H groups in total. The van der Waals surface area contributed by atoms with Gasteiger partial charge in [0.2, 0.25) is 0 Å². The SMILES string of the molecule is CC1=C[C@H](C)C2(COC([C@H]3[C@H](C)C=C(C)C[C@@H]3C)OC2)[C@H](C)C1. The zero-order valence-electron chi connectivity index (χ0n) is 15.8. The lowest BCUT2D eigenvalue weighted by molar-refractivity contribution is -0.277. The second kappa shape index (κ2) is 6.37. The molecule has 0 saturated carbocycles. The first kappa shape index (κ1) is 17.2. The van der Waals surface area contributed by atoms with E-state index in [0.29, 0.717) is 29.6 Å². The van der Waals surface area contributed by atoms with Crippen molar-refractivity contribution < 1.29 is 9.47 Å². The van der Waals surface area contributed by atoms with Gasteiger partial charge in [0.05, 0.1) is 13.2 Å². The molecule has 23 heavy (non-hydrogen) atoms. The second-order valence-electron chi connectivity index (χ2n) is 8.76. The summed E-state index contributed by atoms with van der Waals surface area (Å²) in [4.78, 5) is 0. The van der Waals surface area contributed by atoms with E-state index in [1.54, 1.807) is 0 Å². The fraction of sp³-hybridized carbons (Fsp3) is 0.810. The van der Waals surface area contributed by atoms with Gasteiger partial charge >= 0.3 is 0 Å². The van der Waals surface area contributed by atoms with Crippen LogP contribution in [0, 0.1) is 35.0 Å². The van der Waals surface area contributed by atoms with E-state index in [9.17, 15) is 0 Å². The summed E-state index contributed by atoms with van der Waals surface area (Å²) in [6.45, 7) is 15.6. The fourth-order valence-electron chi connectivity index (χ4n) is 5.44. The van der Waals surface area contributed by atoms with E-state index in [1.807, 2.05) is 0 Å². The molecule has 5 atom stereocenters. The fourth-order valence-corrected chi connectivity index (χ4v) is 5.44. The molecule has 0 radical (unpaired) electrons. The third kappa shape index (κ3) is 3.05. The smallest absolute Gasteiger partial charge is 0.161 e. The lowest BCUT2D eigenvalue weighted by Crippen LogP contribution is -2.53. The number of hydrogen-bond acceptors (Lipinski definition) is 2. The number of rotatable bonds is 1. The molecule has 0 bridgehead atoms. The Bertz CT molecular complexity index is 496. The molecule has 1 saturated heterocycles. The van der Waals surface area contributed by atoms with Gasteiger partial charge in [-0.3, -0.25) is 0 Å². The van der Waals surface area contributed by atoms with Crippen molar-refractivity contribution in [1.29, 1.82) is 0 Å². The molecule has 1 heterocycles. The normalized spacial score (nSPS) is 48.1. The Kier molecular flexibility index (Phi) is 4.77. The maximum absolute atomic E-state index is 6.38. The topological polar surface area (TPSA) is 18.5 Å². The van der Waals surface area contributed by atoms with E-state index >= 15 is 0 Å². The Balaban J connectivity index is 1.71. The minimum atomic E-state index is -0.0265. The maximum Gasteiger partial charge on any atom is 0.161 e. The summed E-state index contributed by atoms with van der Waals surface area (Å²) >= 11 is 0. The number of hydrogen-bond donors (Lipinski definition) is 0. The molecule has 0 amide bonds. The van der Waals surface area contributed by atoms with Crippen molar-refractivity contribution in [2.24, 2.45) is 35.0 Å². The van der Waals surface area contributed by atoms with Gasteiger partial charge in [0.1, 0.15) is 0 Å². The van der Waals surface area contributed by atoms with E-state index in [2.05, 4.69) is 53.7 Å². The highest BCUT2D eigenvalue weighted by atomic mass is 16.7. The lowest BCUT2D eigenvalue weighted by Gasteiger charge is -2.51. The van der Waals surface area contributed by atoms with Crippen LogP contribution in [0.3, 0.4) is 0 Å². The summed E-state index contributed by atoms with van der Waals surface area (Å²) in [6, 6.07) is 0. The van der Waals surface area contributed by atoms with Crippen LogP contribution in [0.4, 0.5) is 0 Å². The van der Waals surface area contributed by atoms with Crippen molar-refractivity contribution in [2.75, 3.05) is 13.2 Å². The molecule has 3 aliphatic rings. The Morgan fingerprint density at radius 2 is 1.52 bits per heavy atom. The summed E-state index contributed by atoms with van der Waals surface area (Å²) in [5.74, 6) is 2.84. The average molecular weight is 319 g/mol. The summed E-state index contributed by atoms with van der Waals surface area (Å²) in [7, 11) is 0. The zero-order chi connectivity index (χ0) is 16.8. The van der Waals surface area contributed by atoms with E-state index in [1.165, 1.54) is 24.0 Å². The lowest BCUT2D eigenvalue weighted by atomic mass is 9.62. The Morgan fingerprint density at radius 1 is 0.913 bits per heavy atom. The van der Waals surface area contributed by atoms with E-state index < -0.39 is 0 Å². The van der Waals surface area contributed by atoms with Crippen LogP contribution in [0.5, 0.6) is 0 Å². The van der Waals surface area contributed by atoms with Gasteiger partial charge in [-0.15, -0.1) is 0 Å². The van der Waals surface area contributed by atoms with Gasteiger partial charge in [0.15, 0.2) is 6.29 Å². The molecule has 3 rings (SSSR count). The van der Waals surface area contributed by atoms with E-state index in [0.717, 1.165) is 13.2 Å². The highest BCUT2D eigenvalue weighted by Gasteiger charge is 2.48. The predicted octanol–water partition coefficient (Wildman–Crippen LogP) is 5.21. The molecule has 2 heteroatoms. The van der Waals surface area contributed by atoms with Crippen LogP contribution in [0.1, 0.15) is 54.4 Å². The van der Waals surface area contributed by atoms with Gasteiger partial charge in [-0.05, 0) is 50.4 Å². The van der Waals surface area contributed by atoms with Crippen molar-refractivity contribution in [1.82, 2.24) is 0 Å². The molecule has 2 aliphatic carbocycles. The van der Waals surface area contributed by atoms with Gasteiger partial charge in [-0.25, -0.2) is 0 Å². The standard InChI is InChI=1S/C21H34O2/c1-13-7-15(3)19(16(4)8-13)20-22-11-21(12-23-20)17(5)9-14(2)10-18(21)6/h7,9,15-20H,8,10-12H2,1-6H3/t15-,16+,17+,18-,19+,20?,21?/m1/s1. The van der Waals surface area contributed by atoms with Crippen LogP contribution in [0.2, 0.25) is 0 Å². The highest BCUT2D eigenvalue weighted by molar-refractivity contribution is 5.14. The van der Waals surface area contributed by atoms with E-state index in [-0.39, 0.29) is 11.7 Å². The molecule has 2 nitrogen and oxygen atoms in total. The minimum absolute atomic E-state index is 0.0265. The van der Waals surface area contributed by atoms with Gasteiger partial charge in [0, 0.05) is 11.3 Å². The quantitative estimate of drug-likeness (QED) is 0.618. The highest BCUT2D eigenvalue weighted by Crippen LogP contribution is 2.48. The molecule has 0 unspecified atom stereocenters. The molecular formula is C21H34O2. The molecule has 0 aromatic carbocycles. The summed E-state index contributed by atoms with van der Waals surface area (Å²) in [5.41, 5.74) is 3.21. The summed E-state index contributed by atoms with van der Waals surface area (Å²) < 4.78 is 12.8. The third-order valence-corrected chi connectivity index (χ3v) is 6.85. The van der Waals surface area contributed by atoms with Crippen LogP contribution >= 0.6 is 0 Å². The average Bonchev–Trinajstić information content (AvgIpc) is 2.45. The van der Waals surface area contributed by atoms with Crippen LogP contribution in [0.15, 0.2) is 23.3 Å². The third-order valence-electron chi connectivity index (χ3n) is 6.85. The van der Waals surface area contributed by atoms with Gasteiger partial charge in [-0.1, -0.05) is 51.0 Å².